The number of cyclic esters (lactones) is 1. The fourth-order valence-electron chi connectivity index (χ4n) is 3.81. The Labute approximate surface area is 179 Å². The van der Waals surface area contributed by atoms with Gasteiger partial charge in [0.25, 0.3) is 0 Å². The molecular formula is C25H45NO3. The van der Waals surface area contributed by atoms with E-state index in [1.54, 1.807) is 0 Å². The highest BCUT2D eigenvalue weighted by atomic mass is 16.6. The molecule has 1 saturated heterocycles. The lowest BCUT2D eigenvalue weighted by molar-refractivity contribution is -0.127. The second kappa shape index (κ2) is 18.7. The number of ether oxygens (including phenoxy) is 1. The van der Waals surface area contributed by atoms with E-state index in [2.05, 4.69) is 19.1 Å². The highest BCUT2D eigenvalue weighted by Crippen LogP contribution is 2.13. The standard InChI is InChI=1S/C25H45NO3/c1-2-3-4-5-6-7-8-9-10-11-12-13-14-15-16-17-18-19-20-21-24(27)26-22-23-29-25(26)28/h9-10H,2-8,11-23H2,1H3/b10-9+. The van der Waals surface area contributed by atoms with Crippen molar-refractivity contribution in [2.24, 2.45) is 0 Å². The summed E-state index contributed by atoms with van der Waals surface area (Å²) in [5, 5.41) is 0. The summed E-state index contributed by atoms with van der Waals surface area (Å²) in [6.07, 6.45) is 26.7. The van der Waals surface area contributed by atoms with Gasteiger partial charge >= 0.3 is 6.09 Å². The highest BCUT2D eigenvalue weighted by Gasteiger charge is 2.27. The minimum Gasteiger partial charge on any atom is -0.447 e. The first-order valence-electron chi connectivity index (χ1n) is 12.4. The van der Waals surface area contributed by atoms with E-state index in [0.717, 1.165) is 12.8 Å². The number of rotatable bonds is 19. The smallest absolute Gasteiger partial charge is 0.416 e. The van der Waals surface area contributed by atoms with Crippen molar-refractivity contribution in [3.8, 4) is 0 Å². The average Bonchev–Trinajstić information content (AvgIpc) is 3.15. The van der Waals surface area contributed by atoms with E-state index in [0.29, 0.717) is 19.6 Å². The van der Waals surface area contributed by atoms with Gasteiger partial charge in [0, 0.05) is 6.42 Å². The minimum atomic E-state index is -0.469. The molecule has 0 bridgehead atoms. The Morgan fingerprint density at radius 2 is 1.28 bits per heavy atom. The van der Waals surface area contributed by atoms with Crippen LogP contribution in [0.15, 0.2) is 12.2 Å². The van der Waals surface area contributed by atoms with E-state index in [-0.39, 0.29) is 5.91 Å². The monoisotopic (exact) mass is 407 g/mol. The summed E-state index contributed by atoms with van der Waals surface area (Å²) in [6, 6.07) is 0. The molecule has 0 unspecified atom stereocenters. The van der Waals surface area contributed by atoms with Gasteiger partial charge in [0.05, 0.1) is 6.54 Å². The maximum atomic E-state index is 11.9. The van der Waals surface area contributed by atoms with Crippen LogP contribution in [0.5, 0.6) is 0 Å². The summed E-state index contributed by atoms with van der Waals surface area (Å²) < 4.78 is 4.79. The van der Waals surface area contributed by atoms with Crippen LogP contribution in [0.1, 0.15) is 122 Å². The lowest BCUT2D eigenvalue weighted by Crippen LogP contribution is -2.31. The number of carbonyl (C=O) groups is 2. The van der Waals surface area contributed by atoms with Gasteiger partial charge in [-0.2, -0.15) is 0 Å². The molecule has 0 atom stereocenters. The Hall–Kier alpha value is -1.32. The largest absolute Gasteiger partial charge is 0.447 e. The van der Waals surface area contributed by atoms with Crippen molar-refractivity contribution in [3.63, 3.8) is 0 Å². The van der Waals surface area contributed by atoms with Crippen LogP contribution in [0.4, 0.5) is 4.79 Å². The lowest BCUT2D eigenvalue weighted by Gasteiger charge is -2.10. The summed E-state index contributed by atoms with van der Waals surface area (Å²) in [5.41, 5.74) is 0. The predicted octanol–water partition coefficient (Wildman–Crippen LogP) is 7.56. The Morgan fingerprint density at radius 3 is 1.76 bits per heavy atom. The van der Waals surface area contributed by atoms with Crippen molar-refractivity contribution in [2.45, 2.75) is 122 Å². The van der Waals surface area contributed by atoms with Crippen LogP contribution in [-0.2, 0) is 9.53 Å². The zero-order chi connectivity index (χ0) is 21.0. The number of amides is 2. The van der Waals surface area contributed by atoms with Crippen molar-refractivity contribution in [2.75, 3.05) is 13.2 Å². The Balaban J connectivity index is 1.75. The molecule has 0 N–H and O–H groups in total. The second-order valence-electron chi connectivity index (χ2n) is 8.41. The van der Waals surface area contributed by atoms with Crippen molar-refractivity contribution >= 4 is 12.0 Å². The molecule has 1 rings (SSSR count). The van der Waals surface area contributed by atoms with E-state index >= 15 is 0 Å². The van der Waals surface area contributed by atoms with Crippen LogP contribution in [0.3, 0.4) is 0 Å². The number of allylic oxidation sites excluding steroid dienone is 2. The topological polar surface area (TPSA) is 46.6 Å². The maximum absolute atomic E-state index is 11.9. The average molecular weight is 408 g/mol. The molecule has 0 saturated carbocycles. The van der Waals surface area contributed by atoms with E-state index in [4.69, 9.17) is 4.74 Å². The fraction of sp³-hybridized carbons (Fsp3) is 0.840. The molecule has 168 valence electrons. The van der Waals surface area contributed by atoms with Gasteiger partial charge in [0.2, 0.25) is 5.91 Å². The number of nitrogens with zero attached hydrogens (tertiary/aromatic N) is 1. The van der Waals surface area contributed by atoms with Gasteiger partial charge < -0.3 is 4.74 Å². The zero-order valence-corrected chi connectivity index (χ0v) is 19.0. The Kier molecular flexibility index (Phi) is 16.6. The first-order chi connectivity index (χ1) is 14.3. The SMILES string of the molecule is CCCCCCCC/C=C/CCCCCCCCCCCC(=O)N1CCOC1=O. The maximum Gasteiger partial charge on any atom is 0.416 e. The molecule has 1 fully saturated rings. The minimum absolute atomic E-state index is 0.0754. The van der Waals surface area contributed by atoms with Crippen molar-refractivity contribution in [1.29, 1.82) is 0 Å². The molecule has 1 heterocycles. The zero-order valence-electron chi connectivity index (χ0n) is 19.0. The summed E-state index contributed by atoms with van der Waals surface area (Å²) in [4.78, 5) is 24.4. The number of hydrogen-bond acceptors (Lipinski definition) is 3. The first kappa shape index (κ1) is 25.7. The molecule has 4 nitrogen and oxygen atoms in total. The van der Waals surface area contributed by atoms with Gasteiger partial charge in [0.1, 0.15) is 6.61 Å². The molecule has 2 amide bonds. The van der Waals surface area contributed by atoms with Gasteiger partial charge in [-0.05, 0) is 32.1 Å². The number of imide groups is 1. The summed E-state index contributed by atoms with van der Waals surface area (Å²) >= 11 is 0. The summed E-state index contributed by atoms with van der Waals surface area (Å²) in [5.74, 6) is -0.0754. The van der Waals surface area contributed by atoms with Gasteiger partial charge in [-0.1, -0.05) is 96.1 Å². The van der Waals surface area contributed by atoms with Crippen molar-refractivity contribution in [1.82, 2.24) is 4.90 Å². The second-order valence-corrected chi connectivity index (χ2v) is 8.41. The van der Waals surface area contributed by atoms with Gasteiger partial charge in [-0.25, -0.2) is 9.69 Å². The fourth-order valence-corrected chi connectivity index (χ4v) is 3.81. The molecule has 0 aromatic carbocycles. The van der Waals surface area contributed by atoms with E-state index in [1.165, 1.54) is 101 Å². The van der Waals surface area contributed by atoms with Crippen molar-refractivity contribution in [3.05, 3.63) is 12.2 Å². The lowest BCUT2D eigenvalue weighted by atomic mass is 10.1. The summed E-state index contributed by atoms with van der Waals surface area (Å²) in [6.45, 7) is 3.04. The van der Waals surface area contributed by atoms with Crippen LogP contribution < -0.4 is 0 Å². The van der Waals surface area contributed by atoms with Gasteiger partial charge in [0.15, 0.2) is 0 Å². The van der Waals surface area contributed by atoms with E-state index in [9.17, 15) is 9.59 Å². The van der Waals surface area contributed by atoms with E-state index in [1.807, 2.05) is 0 Å². The Morgan fingerprint density at radius 1 is 0.793 bits per heavy atom. The molecular weight excluding hydrogens is 362 g/mol. The third-order valence-corrected chi connectivity index (χ3v) is 5.71. The summed E-state index contributed by atoms with van der Waals surface area (Å²) in [7, 11) is 0. The van der Waals surface area contributed by atoms with Crippen LogP contribution in [-0.4, -0.2) is 30.1 Å². The number of unbranched alkanes of at least 4 members (excludes halogenated alkanes) is 15. The van der Waals surface area contributed by atoms with Crippen LogP contribution in [0.2, 0.25) is 0 Å². The molecule has 0 aliphatic carbocycles. The van der Waals surface area contributed by atoms with Crippen LogP contribution in [0.25, 0.3) is 0 Å². The van der Waals surface area contributed by atoms with Crippen LogP contribution in [0, 0.1) is 0 Å². The third kappa shape index (κ3) is 14.3. The van der Waals surface area contributed by atoms with E-state index < -0.39 is 6.09 Å². The molecule has 1 aliphatic heterocycles. The molecule has 0 aromatic rings. The number of hydrogen-bond donors (Lipinski definition) is 0. The normalized spacial score (nSPS) is 14.1. The van der Waals surface area contributed by atoms with Gasteiger partial charge in [-0.3, -0.25) is 4.79 Å². The number of carbonyl (C=O) groups excluding carboxylic acids is 2. The first-order valence-corrected chi connectivity index (χ1v) is 12.4. The van der Waals surface area contributed by atoms with Gasteiger partial charge in [-0.15, -0.1) is 0 Å². The molecule has 4 heteroatoms. The molecule has 0 radical (unpaired) electrons. The molecule has 0 spiro atoms. The third-order valence-electron chi connectivity index (χ3n) is 5.71. The Bertz CT molecular complexity index is 447. The van der Waals surface area contributed by atoms with Crippen LogP contribution >= 0.6 is 0 Å². The molecule has 0 aromatic heterocycles. The quantitative estimate of drug-likeness (QED) is 0.164. The molecule has 1 aliphatic rings. The molecule has 29 heavy (non-hydrogen) atoms. The highest BCUT2D eigenvalue weighted by molar-refractivity contribution is 5.92. The van der Waals surface area contributed by atoms with Crippen molar-refractivity contribution < 1.29 is 14.3 Å². The predicted molar refractivity (Wildman–Crippen MR) is 121 cm³/mol.